The van der Waals surface area contributed by atoms with E-state index in [-0.39, 0.29) is 10.6 Å². The first-order valence-corrected chi connectivity index (χ1v) is 8.14. The number of nitrogen functional groups attached to an aromatic ring is 1. The van der Waals surface area contributed by atoms with Crippen LogP contribution in [0.4, 0.5) is 11.4 Å². The third-order valence-corrected chi connectivity index (χ3v) is 4.76. The zero-order valence-corrected chi connectivity index (χ0v) is 12.0. The van der Waals surface area contributed by atoms with Gasteiger partial charge in [-0.25, -0.2) is 13.6 Å². The van der Waals surface area contributed by atoms with Crippen LogP contribution in [0.3, 0.4) is 0 Å². The van der Waals surface area contributed by atoms with Gasteiger partial charge in [-0.05, 0) is 30.9 Å². The minimum absolute atomic E-state index is 0.0172. The van der Waals surface area contributed by atoms with Gasteiger partial charge in [-0.1, -0.05) is 19.4 Å². The summed E-state index contributed by atoms with van der Waals surface area (Å²) in [7, 11) is -3.77. The molecule has 1 aromatic carbocycles. The van der Waals surface area contributed by atoms with Crippen LogP contribution in [0.2, 0.25) is 0 Å². The zero-order valence-electron chi connectivity index (χ0n) is 11.2. The van der Waals surface area contributed by atoms with Crippen LogP contribution < -0.4 is 15.8 Å². The van der Waals surface area contributed by atoms with E-state index in [0.29, 0.717) is 5.92 Å². The largest absolute Gasteiger partial charge is 0.396 e. The number of piperidine rings is 1. The highest BCUT2D eigenvalue weighted by Gasteiger charge is 2.23. The van der Waals surface area contributed by atoms with E-state index in [0.717, 1.165) is 31.6 Å². The Kier molecular flexibility index (Phi) is 4.01. The molecule has 2 rings (SSSR count). The van der Waals surface area contributed by atoms with Crippen molar-refractivity contribution in [1.82, 2.24) is 0 Å². The maximum atomic E-state index is 11.5. The van der Waals surface area contributed by atoms with E-state index in [1.54, 1.807) is 6.07 Å². The zero-order chi connectivity index (χ0) is 14.0. The highest BCUT2D eigenvalue weighted by molar-refractivity contribution is 7.89. The van der Waals surface area contributed by atoms with E-state index in [1.807, 2.05) is 6.07 Å². The van der Waals surface area contributed by atoms with Crippen LogP contribution in [-0.2, 0) is 10.0 Å². The Balaban J connectivity index is 2.35. The second kappa shape index (κ2) is 5.38. The van der Waals surface area contributed by atoms with Crippen LogP contribution in [0.15, 0.2) is 23.1 Å². The minimum Gasteiger partial charge on any atom is -0.396 e. The second-order valence-corrected chi connectivity index (χ2v) is 6.63. The number of hydrogen-bond acceptors (Lipinski definition) is 4. The predicted octanol–water partition coefficient (Wildman–Crippen LogP) is 1.54. The third-order valence-electron chi connectivity index (χ3n) is 3.79. The average Bonchev–Trinajstić information content (AvgIpc) is 2.37. The van der Waals surface area contributed by atoms with Crippen molar-refractivity contribution < 1.29 is 8.42 Å². The van der Waals surface area contributed by atoms with Crippen molar-refractivity contribution in [2.45, 2.75) is 31.1 Å². The Morgan fingerprint density at radius 2 is 2.16 bits per heavy atom. The van der Waals surface area contributed by atoms with Crippen LogP contribution in [0.5, 0.6) is 0 Å². The summed E-state index contributed by atoms with van der Waals surface area (Å²) in [6.45, 7) is 4.02. The molecule has 1 aliphatic heterocycles. The molecular formula is C13H21N3O2S. The first-order chi connectivity index (χ1) is 8.93. The number of hydrogen-bond donors (Lipinski definition) is 2. The third kappa shape index (κ3) is 3.01. The SMILES string of the molecule is CCC1CCCN(c2cccc(S(N)(=O)=O)c2N)C1. The maximum Gasteiger partial charge on any atom is 0.240 e. The Bertz CT molecular complexity index is 557. The van der Waals surface area contributed by atoms with Crippen molar-refractivity contribution in [2.75, 3.05) is 23.7 Å². The van der Waals surface area contributed by atoms with Crippen molar-refractivity contribution in [3.8, 4) is 0 Å². The summed E-state index contributed by atoms with van der Waals surface area (Å²) in [5.74, 6) is 0.645. The summed E-state index contributed by atoms with van der Waals surface area (Å²) in [4.78, 5) is 2.19. The van der Waals surface area contributed by atoms with E-state index in [2.05, 4.69) is 11.8 Å². The molecule has 1 heterocycles. The first kappa shape index (κ1) is 14.1. The molecule has 0 bridgehead atoms. The number of para-hydroxylation sites is 1. The fourth-order valence-corrected chi connectivity index (χ4v) is 3.35. The lowest BCUT2D eigenvalue weighted by molar-refractivity contribution is 0.405. The van der Waals surface area contributed by atoms with Gasteiger partial charge in [0.2, 0.25) is 10.0 Å². The lowest BCUT2D eigenvalue weighted by Gasteiger charge is -2.35. The van der Waals surface area contributed by atoms with Gasteiger partial charge < -0.3 is 10.6 Å². The molecule has 0 amide bonds. The number of benzene rings is 1. The molecule has 1 atom stereocenters. The highest BCUT2D eigenvalue weighted by atomic mass is 32.2. The summed E-state index contributed by atoms with van der Waals surface area (Å²) in [5.41, 5.74) is 7.03. The molecule has 1 fully saturated rings. The molecule has 1 aromatic rings. The Hall–Kier alpha value is -1.27. The average molecular weight is 283 g/mol. The molecule has 19 heavy (non-hydrogen) atoms. The summed E-state index contributed by atoms with van der Waals surface area (Å²) < 4.78 is 23.0. The summed E-state index contributed by atoms with van der Waals surface area (Å²) in [6.07, 6.45) is 3.46. The van der Waals surface area contributed by atoms with Crippen LogP contribution >= 0.6 is 0 Å². The van der Waals surface area contributed by atoms with E-state index < -0.39 is 10.0 Å². The molecular weight excluding hydrogens is 262 g/mol. The molecule has 0 saturated carbocycles. The number of sulfonamides is 1. The van der Waals surface area contributed by atoms with Crippen LogP contribution in [0, 0.1) is 5.92 Å². The molecule has 4 N–H and O–H groups in total. The highest BCUT2D eigenvalue weighted by Crippen LogP contribution is 2.32. The Morgan fingerprint density at radius 3 is 2.79 bits per heavy atom. The lowest BCUT2D eigenvalue weighted by atomic mass is 9.95. The minimum atomic E-state index is -3.77. The molecule has 0 aliphatic carbocycles. The summed E-state index contributed by atoms with van der Waals surface area (Å²) in [5, 5.41) is 5.18. The Morgan fingerprint density at radius 1 is 1.42 bits per heavy atom. The molecule has 0 aromatic heterocycles. The topological polar surface area (TPSA) is 89.4 Å². The first-order valence-electron chi connectivity index (χ1n) is 6.59. The van der Waals surface area contributed by atoms with Crippen molar-refractivity contribution in [3.05, 3.63) is 18.2 Å². The summed E-state index contributed by atoms with van der Waals surface area (Å²) in [6, 6.07) is 5.01. The number of rotatable bonds is 3. The van der Waals surface area contributed by atoms with Gasteiger partial charge >= 0.3 is 0 Å². The number of primary sulfonamides is 1. The van der Waals surface area contributed by atoms with Crippen molar-refractivity contribution in [3.63, 3.8) is 0 Å². The quantitative estimate of drug-likeness (QED) is 0.823. The van der Waals surface area contributed by atoms with Gasteiger partial charge in [-0.3, -0.25) is 0 Å². The fraction of sp³-hybridized carbons (Fsp3) is 0.538. The fourth-order valence-electron chi connectivity index (χ4n) is 2.67. The molecule has 1 unspecified atom stereocenters. The smallest absolute Gasteiger partial charge is 0.240 e. The van der Waals surface area contributed by atoms with Gasteiger partial charge in [0.25, 0.3) is 0 Å². The maximum absolute atomic E-state index is 11.5. The van der Waals surface area contributed by atoms with E-state index in [4.69, 9.17) is 10.9 Å². The van der Waals surface area contributed by atoms with Gasteiger partial charge in [0.1, 0.15) is 4.90 Å². The molecule has 0 radical (unpaired) electrons. The molecule has 6 heteroatoms. The predicted molar refractivity (Wildman–Crippen MR) is 77.5 cm³/mol. The van der Waals surface area contributed by atoms with Gasteiger partial charge in [-0.2, -0.15) is 0 Å². The van der Waals surface area contributed by atoms with Crippen LogP contribution in [-0.4, -0.2) is 21.5 Å². The van der Waals surface area contributed by atoms with Gasteiger partial charge in [0.15, 0.2) is 0 Å². The van der Waals surface area contributed by atoms with Gasteiger partial charge in [0, 0.05) is 13.1 Å². The molecule has 5 nitrogen and oxygen atoms in total. The molecule has 1 aliphatic rings. The standard InChI is InChI=1S/C13H21N3O2S/c1-2-10-5-4-8-16(9-10)11-6-3-7-12(13(11)14)19(15,17)18/h3,6-7,10H,2,4-5,8-9,14H2,1H3,(H2,15,17,18). The van der Waals surface area contributed by atoms with Crippen molar-refractivity contribution in [2.24, 2.45) is 11.1 Å². The van der Waals surface area contributed by atoms with Crippen LogP contribution in [0.25, 0.3) is 0 Å². The van der Waals surface area contributed by atoms with Crippen molar-refractivity contribution >= 4 is 21.4 Å². The Labute approximate surface area is 114 Å². The van der Waals surface area contributed by atoms with E-state index >= 15 is 0 Å². The monoisotopic (exact) mass is 283 g/mol. The molecule has 1 saturated heterocycles. The van der Waals surface area contributed by atoms with E-state index in [1.165, 1.54) is 12.5 Å². The van der Waals surface area contributed by atoms with E-state index in [9.17, 15) is 8.42 Å². The molecule has 106 valence electrons. The van der Waals surface area contributed by atoms with Crippen LogP contribution in [0.1, 0.15) is 26.2 Å². The second-order valence-electron chi connectivity index (χ2n) is 5.10. The number of nitrogens with zero attached hydrogens (tertiary/aromatic N) is 1. The normalized spacial score (nSPS) is 20.5. The van der Waals surface area contributed by atoms with Gasteiger partial charge in [0.05, 0.1) is 11.4 Å². The number of nitrogens with two attached hydrogens (primary N) is 2. The summed E-state index contributed by atoms with van der Waals surface area (Å²) >= 11 is 0. The van der Waals surface area contributed by atoms with Gasteiger partial charge in [-0.15, -0.1) is 0 Å². The lowest BCUT2D eigenvalue weighted by Crippen LogP contribution is -2.35. The number of anilines is 2. The van der Waals surface area contributed by atoms with Crippen molar-refractivity contribution in [1.29, 1.82) is 0 Å². The molecule has 0 spiro atoms.